The van der Waals surface area contributed by atoms with Crippen molar-refractivity contribution in [2.45, 2.75) is 52.2 Å². The normalized spacial score (nSPS) is 14.1. The van der Waals surface area contributed by atoms with Crippen molar-refractivity contribution in [3.8, 4) is 22.6 Å². The summed E-state index contributed by atoms with van der Waals surface area (Å²) in [5.41, 5.74) is 2.83. The number of ether oxygens (including phenoxy) is 3. The van der Waals surface area contributed by atoms with Crippen LogP contribution in [-0.4, -0.2) is 68.9 Å². The number of H-pyrrole nitrogens is 1. The molecule has 1 aliphatic rings. The molecular formula is C33H41N5O6S. The number of aryl methyl sites for hydroxylation is 1. The van der Waals surface area contributed by atoms with Crippen molar-refractivity contribution in [3.05, 3.63) is 75.7 Å². The number of amides is 1. The van der Waals surface area contributed by atoms with Gasteiger partial charge in [-0.05, 0) is 63.9 Å². The van der Waals surface area contributed by atoms with E-state index in [4.69, 9.17) is 14.2 Å². The number of piperidine rings is 1. The van der Waals surface area contributed by atoms with Gasteiger partial charge in [-0.2, -0.15) is 0 Å². The van der Waals surface area contributed by atoms with Gasteiger partial charge in [-0.25, -0.2) is 4.79 Å². The second kappa shape index (κ2) is 13.9. The van der Waals surface area contributed by atoms with E-state index in [1.165, 1.54) is 6.07 Å². The molecule has 5 rings (SSSR count). The number of nitrogens with zero attached hydrogens (tertiary/aromatic N) is 3. The summed E-state index contributed by atoms with van der Waals surface area (Å²) in [6.07, 6.45) is 6.46. The SMILES string of the molecule is CCSNc1ccc(-n2ccc(OCCOC3CCN(C(=O)OC(C)(C)C)CC3)cc2=O)c(-c2cn(C)c(=O)c3[nH]ccc23)c1. The van der Waals surface area contributed by atoms with Crippen molar-refractivity contribution in [2.75, 3.05) is 36.8 Å². The Morgan fingerprint density at radius 2 is 1.84 bits per heavy atom. The standard InChI is InChI=1S/C33H41N5O6S/c1-6-45-35-22-7-8-28(26(19-22)27-21-36(5)31(40)30-25(27)9-13-34-30)38-16-12-24(20-29(38)39)43-18-17-42-23-10-14-37(15-11-23)32(41)44-33(2,3)4/h7-9,12-13,16,19-21,23,34-35H,6,10-11,14-15,17-18H2,1-5H3. The lowest BCUT2D eigenvalue weighted by molar-refractivity contribution is -0.0177. The van der Waals surface area contributed by atoms with Crippen molar-refractivity contribution >= 4 is 34.6 Å². The maximum absolute atomic E-state index is 13.4. The molecular weight excluding hydrogens is 594 g/mol. The van der Waals surface area contributed by atoms with E-state index in [9.17, 15) is 14.4 Å². The van der Waals surface area contributed by atoms with Crippen molar-refractivity contribution in [2.24, 2.45) is 7.05 Å². The summed E-state index contributed by atoms with van der Waals surface area (Å²) in [7, 11) is 1.72. The molecule has 1 fully saturated rings. The van der Waals surface area contributed by atoms with E-state index in [0.717, 1.165) is 40.8 Å². The van der Waals surface area contributed by atoms with Gasteiger partial charge in [-0.3, -0.25) is 14.2 Å². The van der Waals surface area contributed by atoms with E-state index < -0.39 is 5.60 Å². The van der Waals surface area contributed by atoms with Crippen LogP contribution in [0.1, 0.15) is 40.5 Å². The Hall–Kier alpha value is -4.16. The Labute approximate surface area is 266 Å². The van der Waals surface area contributed by atoms with Gasteiger partial charge in [0.15, 0.2) is 0 Å². The molecule has 240 valence electrons. The molecule has 4 heterocycles. The monoisotopic (exact) mass is 635 g/mol. The molecule has 0 spiro atoms. The van der Waals surface area contributed by atoms with Crippen molar-refractivity contribution in [1.29, 1.82) is 0 Å². The Bertz CT molecular complexity index is 1760. The minimum Gasteiger partial charge on any atom is -0.491 e. The lowest BCUT2D eigenvalue weighted by Crippen LogP contribution is -2.43. The van der Waals surface area contributed by atoms with Crippen LogP contribution in [0.25, 0.3) is 27.7 Å². The quantitative estimate of drug-likeness (QED) is 0.172. The zero-order chi connectivity index (χ0) is 32.1. The third kappa shape index (κ3) is 7.74. The van der Waals surface area contributed by atoms with Crippen LogP contribution < -0.4 is 20.6 Å². The molecule has 0 saturated carbocycles. The highest BCUT2D eigenvalue weighted by Crippen LogP contribution is 2.34. The molecule has 1 aliphatic heterocycles. The molecule has 12 heteroatoms. The number of nitrogens with one attached hydrogen (secondary N) is 2. The molecule has 3 aromatic heterocycles. The van der Waals surface area contributed by atoms with Gasteiger partial charge in [0, 0.05) is 72.7 Å². The van der Waals surface area contributed by atoms with Crippen LogP contribution in [0.5, 0.6) is 5.75 Å². The third-order valence-electron chi connectivity index (χ3n) is 7.47. The first kappa shape index (κ1) is 32.2. The summed E-state index contributed by atoms with van der Waals surface area (Å²) in [5.74, 6) is 1.34. The lowest BCUT2D eigenvalue weighted by Gasteiger charge is -2.33. The molecule has 0 bridgehead atoms. The number of carbonyl (C=O) groups is 1. The van der Waals surface area contributed by atoms with E-state index >= 15 is 0 Å². The minimum atomic E-state index is -0.515. The average Bonchev–Trinajstić information content (AvgIpc) is 3.50. The summed E-state index contributed by atoms with van der Waals surface area (Å²) in [4.78, 5) is 43.2. The fourth-order valence-electron chi connectivity index (χ4n) is 5.32. The lowest BCUT2D eigenvalue weighted by atomic mass is 10.0. The molecule has 4 aromatic rings. The Morgan fingerprint density at radius 1 is 1.07 bits per heavy atom. The number of rotatable bonds is 10. The summed E-state index contributed by atoms with van der Waals surface area (Å²) >= 11 is 1.58. The number of aromatic amines is 1. The van der Waals surface area contributed by atoms with Crippen LogP contribution in [0, 0.1) is 0 Å². The highest BCUT2D eigenvalue weighted by Gasteiger charge is 2.27. The second-order valence-corrected chi connectivity index (χ2v) is 13.0. The third-order valence-corrected chi connectivity index (χ3v) is 8.13. The van der Waals surface area contributed by atoms with E-state index in [1.54, 1.807) is 57.7 Å². The number of anilines is 1. The number of hydrogen-bond acceptors (Lipinski definition) is 8. The molecule has 1 saturated heterocycles. The van der Waals surface area contributed by atoms with Gasteiger partial charge in [0.05, 0.1) is 18.4 Å². The maximum Gasteiger partial charge on any atom is 0.410 e. The van der Waals surface area contributed by atoms with E-state index in [0.29, 0.717) is 43.3 Å². The van der Waals surface area contributed by atoms with Crippen LogP contribution in [0.3, 0.4) is 0 Å². The zero-order valence-electron chi connectivity index (χ0n) is 26.4. The average molecular weight is 636 g/mol. The Kier molecular flexibility index (Phi) is 9.93. The fourth-order valence-corrected chi connectivity index (χ4v) is 5.76. The Balaban J connectivity index is 1.26. The summed E-state index contributed by atoms with van der Waals surface area (Å²) in [6, 6.07) is 10.9. The number of carbonyl (C=O) groups excluding carboxylic acids is 1. The van der Waals surface area contributed by atoms with Crippen LogP contribution >= 0.6 is 11.9 Å². The minimum absolute atomic E-state index is 0.0378. The van der Waals surface area contributed by atoms with Crippen LogP contribution in [0.2, 0.25) is 0 Å². The molecule has 0 radical (unpaired) electrons. The van der Waals surface area contributed by atoms with E-state index in [2.05, 4.69) is 16.6 Å². The first-order valence-corrected chi connectivity index (χ1v) is 16.2. The predicted octanol–water partition coefficient (Wildman–Crippen LogP) is 5.56. The zero-order valence-corrected chi connectivity index (χ0v) is 27.2. The summed E-state index contributed by atoms with van der Waals surface area (Å²) in [5, 5.41) is 0.781. The highest BCUT2D eigenvalue weighted by molar-refractivity contribution is 8.00. The Morgan fingerprint density at radius 3 is 2.56 bits per heavy atom. The summed E-state index contributed by atoms with van der Waals surface area (Å²) < 4.78 is 23.8. The number of aromatic nitrogens is 3. The van der Waals surface area contributed by atoms with E-state index in [-0.39, 0.29) is 23.3 Å². The maximum atomic E-state index is 13.4. The molecule has 11 nitrogen and oxygen atoms in total. The molecule has 0 unspecified atom stereocenters. The highest BCUT2D eigenvalue weighted by atomic mass is 32.2. The first-order valence-electron chi connectivity index (χ1n) is 15.2. The number of hydrogen-bond donors (Lipinski definition) is 2. The number of likely N-dealkylation sites (tertiary alicyclic amines) is 1. The van der Waals surface area contributed by atoms with Crippen molar-refractivity contribution < 1.29 is 19.0 Å². The molecule has 1 aromatic carbocycles. The van der Waals surface area contributed by atoms with Crippen LogP contribution in [0.15, 0.2) is 64.6 Å². The second-order valence-electron chi connectivity index (χ2n) is 11.9. The van der Waals surface area contributed by atoms with Gasteiger partial charge in [0.2, 0.25) is 0 Å². The topological polar surface area (TPSA) is 120 Å². The molecule has 2 N–H and O–H groups in total. The molecule has 0 aliphatic carbocycles. The van der Waals surface area contributed by atoms with Gasteiger partial charge in [-0.1, -0.05) is 18.9 Å². The number of benzene rings is 1. The fraction of sp³-hybridized carbons (Fsp3) is 0.424. The van der Waals surface area contributed by atoms with Gasteiger partial charge >= 0.3 is 6.09 Å². The molecule has 0 atom stereocenters. The smallest absolute Gasteiger partial charge is 0.410 e. The van der Waals surface area contributed by atoms with Gasteiger partial charge in [0.1, 0.15) is 23.5 Å². The van der Waals surface area contributed by atoms with Gasteiger partial charge in [-0.15, -0.1) is 0 Å². The first-order chi connectivity index (χ1) is 21.5. The summed E-state index contributed by atoms with van der Waals surface area (Å²) in [6.45, 7) is 9.48. The van der Waals surface area contributed by atoms with Gasteiger partial charge in [0.25, 0.3) is 11.1 Å². The number of fused-ring (bicyclic) bond motifs is 1. The van der Waals surface area contributed by atoms with Crippen LogP contribution in [0.4, 0.5) is 10.5 Å². The van der Waals surface area contributed by atoms with Crippen molar-refractivity contribution in [1.82, 2.24) is 19.0 Å². The largest absolute Gasteiger partial charge is 0.491 e. The predicted molar refractivity (Wildman–Crippen MR) is 179 cm³/mol. The van der Waals surface area contributed by atoms with E-state index in [1.807, 2.05) is 45.0 Å². The number of pyridine rings is 2. The van der Waals surface area contributed by atoms with Crippen LogP contribution in [-0.2, 0) is 16.5 Å². The molecule has 1 amide bonds. The van der Waals surface area contributed by atoms with Crippen molar-refractivity contribution in [3.63, 3.8) is 0 Å². The van der Waals surface area contributed by atoms with Gasteiger partial charge < -0.3 is 33.4 Å². The molecule has 45 heavy (non-hydrogen) atoms.